The van der Waals surface area contributed by atoms with Crippen LogP contribution < -0.4 is 22.3 Å². The standard InChI is InChI=1S/C14H14N2O2.ClH/c1-11-5-6-12(13(17)9-11)15-14(18)10-16-7-3-2-4-8-16;/h2-9H,10H2,1H3,(H-,15,17,18);1H. The van der Waals surface area contributed by atoms with E-state index in [4.69, 9.17) is 0 Å². The van der Waals surface area contributed by atoms with Crippen molar-refractivity contribution in [3.63, 3.8) is 0 Å². The molecule has 0 aliphatic carbocycles. The van der Waals surface area contributed by atoms with Crippen molar-refractivity contribution in [2.75, 3.05) is 5.32 Å². The topological polar surface area (TPSA) is 53.2 Å². The summed E-state index contributed by atoms with van der Waals surface area (Å²) in [5, 5.41) is 12.4. The van der Waals surface area contributed by atoms with Crippen LogP contribution in [0.1, 0.15) is 5.56 Å². The Kier molecular flexibility index (Phi) is 5.33. The normalized spacial score (nSPS) is 9.53. The second-order valence-corrected chi connectivity index (χ2v) is 4.12. The zero-order chi connectivity index (χ0) is 13.0. The van der Waals surface area contributed by atoms with Gasteiger partial charge in [0, 0.05) is 12.1 Å². The average molecular weight is 279 g/mol. The quantitative estimate of drug-likeness (QED) is 0.538. The lowest BCUT2D eigenvalue weighted by atomic mass is 10.2. The van der Waals surface area contributed by atoms with Crippen LogP contribution in [0.4, 0.5) is 5.69 Å². The summed E-state index contributed by atoms with van der Waals surface area (Å²) >= 11 is 0. The average Bonchev–Trinajstić information content (AvgIpc) is 2.34. The van der Waals surface area contributed by atoms with Crippen molar-refractivity contribution in [1.82, 2.24) is 0 Å². The number of carbonyl (C=O) groups is 1. The van der Waals surface area contributed by atoms with Gasteiger partial charge in [0.2, 0.25) is 6.54 Å². The molecule has 19 heavy (non-hydrogen) atoms. The predicted octanol–water partition coefficient (Wildman–Crippen LogP) is -1.37. The largest absolute Gasteiger partial charge is 1.00 e. The summed E-state index contributed by atoms with van der Waals surface area (Å²) in [6, 6.07) is 10.8. The van der Waals surface area contributed by atoms with E-state index < -0.39 is 0 Å². The third kappa shape index (κ3) is 4.26. The Bertz CT molecular complexity index is 559. The van der Waals surface area contributed by atoms with Crippen molar-refractivity contribution >= 4 is 11.6 Å². The molecule has 0 fully saturated rings. The number of anilines is 1. The maximum absolute atomic E-state index is 11.8. The van der Waals surface area contributed by atoms with Crippen molar-refractivity contribution in [3.05, 3.63) is 54.4 Å². The molecule has 0 spiro atoms. The number of phenolic OH excluding ortho intramolecular Hbond substituents is 1. The van der Waals surface area contributed by atoms with Gasteiger partial charge in [-0.25, -0.2) is 0 Å². The molecule has 0 bridgehead atoms. The van der Waals surface area contributed by atoms with Gasteiger partial charge in [-0.3, -0.25) is 4.79 Å². The smallest absolute Gasteiger partial charge is 0.290 e. The van der Waals surface area contributed by atoms with Gasteiger partial charge < -0.3 is 22.8 Å². The Morgan fingerprint density at radius 2 is 1.95 bits per heavy atom. The van der Waals surface area contributed by atoms with Gasteiger partial charge in [-0.1, -0.05) is 12.1 Å². The van der Waals surface area contributed by atoms with Crippen LogP contribution in [0.5, 0.6) is 5.75 Å². The molecule has 0 saturated carbocycles. The van der Waals surface area contributed by atoms with Crippen molar-refractivity contribution in [2.24, 2.45) is 0 Å². The molecule has 100 valence electrons. The first-order valence-electron chi connectivity index (χ1n) is 5.69. The minimum absolute atomic E-state index is 0. The number of hydrogen-bond donors (Lipinski definition) is 2. The van der Waals surface area contributed by atoms with E-state index in [1.807, 2.05) is 43.6 Å². The van der Waals surface area contributed by atoms with Gasteiger partial charge in [-0.2, -0.15) is 4.57 Å². The maximum atomic E-state index is 11.8. The molecule has 0 aliphatic rings. The summed E-state index contributed by atoms with van der Waals surface area (Å²) in [7, 11) is 0. The zero-order valence-electron chi connectivity index (χ0n) is 10.5. The molecule has 1 aromatic carbocycles. The van der Waals surface area contributed by atoms with Crippen LogP contribution >= 0.6 is 0 Å². The summed E-state index contributed by atoms with van der Waals surface area (Å²) in [5.41, 5.74) is 1.38. The molecule has 2 aromatic rings. The summed E-state index contributed by atoms with van der Waals surface area (Å²) in [6.45, 7) is 2.10. The number of phenols is 1. The number of pyridine rings is 1. The molecule has 0 unspecified atom stereocenters. The van der Waals surface area contributed by atoms with E-state index in [-0.39, 0.29) is 30.6 Å². The summed E-state index contributed by atoms with van der Waals surface area (Å²) in [6.07, 6.45) is 3.63. The lowest BCUT2D eigenvalue weighted by molar-refractivity contribution is -0.684. The molecule has 2 N–H and O–H groups in total. The molecular weight excluding hydrogens is 264 g/mol. The number of halogens is 1. The molecule has 0 aliphatic heterocycles. The van der Waals surface area contributed by atoms with Gasteiger partial charge in [0.15, 0.2) is 12.4 Å². The number of rotatable bonds is 3. The molecule has 1 amide bonds. The Morgan fingerprint density at radius 1 is 1.26 bits per heavy atom. The van der Waals surface area contributed by atoms with Crippen molar-refractivity contribution < 1.29 is 26.9 Å². The van der Waals surface area contributed by atoms with Gasteiger partial charge in [0.05, 0.1) is 5.69 Å². The first-order chi connectivity index (χ1) is 8.65. The van der Waals surface area contributed by atoms with Crippen molar-refractivity contribution in [1.29, 1.82) is 0 Å². The van der Waals surface area contributed by atoms with Gasteiger partial charge in [-0.15, -0.1) is 0 Å². The highest BCUT2D eigenvalue weighted by Gasteiger charge is 2.10. The van der Waals surface area contributed by atoms with Crippen LogP contribution in [0.2, 0.25) is 0 Å². The number of aryl methyl sites for hydroxylation is 1. The molecule has 0 atom stereocenters. The number of nitrogens with zero attached hydrogens (tertiary/aromatic N) is 1. The highest BCUT2D eigenvalue weighted by Crippen LogP contribution is 2.23. The van der Waals surface area contributed by atoms with E-state index in [0.717, 1.165) is 5.56 Å². The monoisotopic (exact) mass is 278 g/mol. The van der Waals surface area contributed by atoms with Crippen LogP contribution in [0.3, 0.4) is 0 Å². The second-order valence-electron chi connectivity index (χ2n) is 4.12. The van der Waals surface area contributed by atoms with Crippen LogP contribution in [0, 0.1) is 6.92 Å². The third-order valence-corrected chi connectivity index (χ3v) is 2.53. The van der Waals surface area contributed by atoms with Crippen molar-refractivity contribution in [3.8, 4) is 5.75 Å². The number of nitrogens with one attached hydrogen (secondary N) is 1. The molecule has 4 nitrogen and oxygen atoms in total. The molecular formula is C14H15ClN2O2. The number of benzene rings is 1. The number of aromatic hydroxyl groups is 1. The van der Waals surface area contributed by atoms with Crippen LogP contribution in [0.15, 0.2) is 48.8 Å². The van der Waals surface area contributed by atoms with E-state index in [0.29, 0.717) is 5.69 Å². The first-order valence-corrected chi connectivity index (χ1v) is 5.69. The Balaban J connectivity index is 0.00000180. The molecule has 0 saturated heterocycles. The molecule has 5 heteroatoms. The Hall–Kier alpha value is -2.07. The van der Waals surface area contributed by atoms with Crippen molar-refractivity contribution in [2.45, 2.75) is 13.5 Å². The molecule has 0 radical (unpaired) electrons. The van der Waals surface area contributed by atoms with Crippen LogP contribution in [-0.4, -0.2) is 11.0 Å². The number of aromatic nitrogens is 1. The maximum Gasteiger partial charge on any atom is 0.290 e. The fraction of sp³-hybridized carbons (Fsp3) is 0.143. The van der Waals surface area contributed by atoms with E-state index in [2.05, 4.69) is 5.32 Å². The second kappa shape index (κ2) is 6.75. The van der Waals surface area contributed by atoms with Gasteiger partial charge in [0.1, 0.15) is 5.75 Å². The highest BCUT2D eigenvalue weighted by molar-refractivity contribution is 5.91. The lowest BCUT2D eigenvalue weighted by Crippen LogP contribution is -3.00. The van der Waals surface area contributed by atoms with Gasteiger partial charge in [0.25, 0.3) is 5.91 Å². The van der Waals surface area contributed by atoms with Gasteiger partial charge >= 0.3 is 0 Å². The first kappa shape index (κ1) is 15.0. The predicted molar refractivity (Wildman–Crippen MR) is 68.1 cm³/mol. The van der Waals surface area contributed by atoms with E-state index in [1.54, 1.807) is 16.7 Å². The Morgan fingerprint density at radius 3 is 2.58 bits per heavy atom. The van der Waals surface area contributed by atoms with Gasteiger partial charge in [-0.05, 0) is 24.6 Å². The molecule has 1 heterocycles. The number of amides is 1. The van der Waals surface area contributed by atoms with Crippen LogP contribution in [-0.2, 0) is 11.3 Å². The van der Waals surface area contributed by atoms with E-state index in [1.165, 1.54) is 0 Å². The molecule has 2 rings (SSSR count). The number of carbonyl (C=O) groups excluding carboxylic acids is 1. The fourth-order valence-electron chi connectivity index (χ4n) is 1.64. The highest BCUT2D eigenvalue weighted by atomic mass is 35.5. The van der Waals surface area contributed by atoms with Crippen LogP contribution in [0.25, 0.3) is 0 Å². The fourth-order valence-corrected chi connectivity index (χ4v) is 1.64. The Labute approximate surface area is 118 Å². The lowest BCUT2D eigenvalue weighted by Gasteiger charge is -2.06. The zero-order valence-corrected chi connectivity index (χ0v) is 11.3. The summed E-state index contributed by atoms with van der Waals surface area (Å²) in [5.74, 6) is -0.0910. The minimum atomic E-state index is -0.176. The summed E-state index contributed by atoms with van der Waals surface area (Å²) < 4.78 is 1.76. The minimum Gasteiger partial charge on any atom is -1.00 e. The summed E-state index contributed by atoms with van der Waals surface area (Å²) in [4.78, 5) is 11.8. The van der Waals surface area contributed by atoms with E-state index in [9.17, 15) is 9.90 Å². The van der Waals surface area contributed by atoms with E-state index >= 15 is 0 Å². The third-order valence-electron chi connectivity index (χ3n) is 2.53. The number of hydrogen-bond acceptors (Lipinski definition) is 2. The SMILES string of the molecule is Cc1ccc(NC(=O)C[n+]2ccccc2)c(O)c1.[Cl-]. The molecule has 1 aromatic heterocycles.